The molecule has 0 radical (unpaired) electrons. The molecule has 1 saturated heterocycles. The highest BCUT2D eigenvalue weighted by Gasteiger charge is 2.28. The third-order valence-electron chi connectivity index (χ3n) is 2.58. The van der Waals surface area contributed by atoms with Crippen molar-refractivity contribution in [2.24, 2.45) is 0 Å². The van der Waals surface area contributed by atoms with Gasteiger partial charge in [-0.1, -0.05) is 15.9 Å². The van der Waals surface area contributed by atoms with Crippen LogP contribution in [-0.2, 0) is 0 Å². The number of halogens is 4. The first-order chi connectivity index (χ1) is 6.53. The Labute approximate surface area is 90.8 Å². The Balaban J connectivity index is 2.18. The minimum Gasteiger partial charge on any atom is -0.300 e. The van der Waals surface area contributed by atoms with Gasteiger partial charge in [0.15, 0.2) is 0 Å². The average Bonchev–Trinajstić information content (AvgIpc) is 2.49. The van der Waals surface area contributed by atoms with E-state index in [1.165, 1.54) is 0 Å². The van der Waals surface area contributed by atoms with Gasteiger partial charge in [0.2, 0.25) is 0 Å². The van der Waals surface area contributed by atoms with Gasteiger partial charge in [0.1, 0.15) is 0 Å². The zero-order valence-electron chi connectivity index (χ0n) is 7.99. The molecule has 1 aliphatic rings. The van der Waals surface area contributed by atoms with Crippen LogP contribution in [0.5, 0.6) is 0 Å². The lowest BCUT2D eigenvalue weighted by atomic mass is 10.2. The first kappa shape index (κ1) is 12.3. The fraction of sp³-hybridized carbons (Fsp3) is 1.00. The second-order valence-corrected chi connectivity index (χ2v) is 4.35. The summed E-state index contributed by atoms with van der Waals surface area (Å²) in [6, 6.07) is 0.447. The molecule has 0 saturated carbocycles. The first-order valence-corrected chi connectivity index (χ1v) is 6.02. The second kappa shape index (κ2) is 5.35. The lowest BCUT2D eigenvalue weighted by Gasteiger charge is -2.22. The maximum atomic E-state index is 11.9. The first-order valence-electron chi connectivity index (χ1n) is 4.89. The van der Waals surface area contributed by atoms with Gasteiger partial charge < -0.3 is 0 Å². The van der Waals surface area contributed by atoms with E-state index in [0.717, 1.165) is 24.7 Å². The maximum Gasteiger partial charge on any atom is 0.389 e. The van der Waals surface area contributed by atoms with E-state index >= 15 is 0 Å². The minimum absolute atomic E-state index is 0.229. The summed E-state index contributed by atoms with van der Waals surface area (Å²) in [6.07, 6.45) is -2.20. The van der Waals surface area contributed by atoms with Gasteiger partial charge in [-0.2, -0.15) is 13.2 Å². The van der Waals surface area contributed by atoms with Crippen LogP contribution in [0.1, 0.15) is 25.7 Å². The molecule has 1 heterocycles. The molecule has 1 unspecified atom stereocenters. The number of hydrogen-bond donors (Lipinski definition) is 0. The Bertz CT molecular complexity index is 172. The van der Waals surface area contributed by atoms with Gasteiger partial charge in [0.05, 0.1) is 0 Å². The van der Waals surface area contributed by atoms with Gasteiger partial charge in [0, 0.05) is 17.8 Å². The molecule has 0 spiro atoms. The Morgan fingerprint density at radius 2 is 2.07 bits per heavy atom. The molecule has 1 nitrogen and oxygen atoms in total. The van der Waals surface area contributed by atoms with Crippen molar-refractivity contribution in [3.8, 4) is 0 Å². The van der Waals surface area contributed by atoms with Crippen LogP contribution >= 0.6 is 15.9 Å². The fourth-order valence-electron chi connectivity index (χ4n) is 1.85. The van der Waals surface area contributed by atoms with Gasteiger partial charge >= 0.3 is 6.18 Å². The van der Waals surface area contributed by atoms with Crippen LogP contribution in [-0.4, -0.2) is 35.5 Å². The summed E-state index contributed by atoms with van der Waals surface area (Å²) < 4.78 is 35.6. The molecule has 0 aliphatic carbocycles. The van der Waals surface area contributed by atoms with E-state index < -0.39 is 12.6 Å². The highest BCUT2D eigenvalue weighted by atomic mass is 79.9. The van der Waals surface area contributed by atoms with Gasteiger partial charge in [-0.3, -0.25) is 4.90 Å². The summed E-state index contributed by atoms with van der Waals surface area (Å²) in [7, 11) is 0. The van der Waals surface area contributed by atoms with Crippen molar-refractivity contribution in [1.82, 2.24) is 4.90 Å². The highest BCUT2D eigenvalue weighted by molar-refractivity contribution is 9.09. The summed E-state index contributed by atoms with van der Waals surface area (Å²) in [5.74, 6) is 0. The van der Waals surface area contributed by atoms with Crippen molar-refractivity contribution in [2.45, 2.75) is 37.9 Å². The van der Waals surface area contributed by atoms with Crippen LogP contribution in [0, 0.1) is 0 Å². The van der Waals surface area contributed by atoms with E-state index in [0.29, 0.717) is 12.6 Å². The molecule has 14 heavy (non-hydrogen) atoms. The third kappa shape index (κ3) is 4.17. The lowest BCUT2D eigenvalue weighted by Crippen LogP contribution is -2.32. The Morgan fingerprint density at radius 1 is 1.36 bits per heavy atom. The zero-order chi connectivity index (χ0) is 10.6. The van der Waals surface area contributed by atoms with Crippen molar-refractivity contribution >= 4 is 15.9 Å². The number of alkyl halides is 4. The van der Waals surface area contributed by atoms with Crippen LogP contribution in [0.2, 0.25) is 0 Å². The number of nitrogens with zero attached hydrogens (tertiary/aromatic N) is 1. The van der Waals surface area contributed by atoms with Crippen molar-refractivity contribution in [2.75, 3.05) is 18.4 Å². The minimum atomic E-state index is -4.00. The monoisotopic (exact) mass is 273 g/mol. The highest BCUT2D eigenvalue weighted by Crippen LogP contribution is 2.24. The van der Waals surface area contributed by atoms with Crippen molar-refractivity contribution in [1.29, 1.82) is 0 Å². The summed E-state index contributed by atoms with van der Waals surface area (Å²) in [6.45, 7) is 1.53. The standard InChI is InChI=1S/C9H15BrF3N/c10-7-8-3-1-5-14(8)6-2-4-9(11,12)13/h8H,1-7H2. The largest absolute Gasteiger partial charge is 0.389 e. The molecule has 1 rings (SSSR count). The van der Waals surface area contributed by atoms with Crippen molar-refractivity contribution < 1.29 is 13.2 Å². The normalized spacial score (nSPS) is 24.4. The molecule has 0 amide bonds. The summed E-state index contributed by atoms with van der Waals surface area (Å²) >= 11 is 3.38. The van der Waals surface area contributed by atoms with Gasteiger partial charge in [-0.05, 0) is 32.4 Å². The van der Waals surface area contributed by atoms with Crippen LogP contribution in [0.4, 0.5) is 13.2 Å². The van der Waals surface area contributed by atoms with E-state index in [4.69, 9.17) is 0 Å². The predicted molar refractivity (Wildman–Crippen MR) is 53.7 cm³/mol. The van der Waals surface area contributed by atoms with E-state index in [2.05, 4.69) is 20.8 Å². The second-order valence-electron chi connectivity index (χ2n) is 3.71. The molecule has 0 N–H and O–H groups in total. The van der Waals surface area contributed by atoms with Crippen LogP contribution < -0.4 is 0 Å². The lowest BCUT2D eigenvalue weighted by molar-refractivity contribution is -0.136. The van der Waals surface area contributed by atoms with Crippen LogP contribution in [0.15, 0.2) is 0 Å². The summed E-state index contributed by atoms with van der Waals surface area (Å²) in [5.41, 5.74) is 0. The van der Waals surface area contributed by atoms with Crippen LogP contribution in [0.25, 0.3) is 0 Å². The molecule has 84 valence electrons. The third-order valence-corrected chi connectivity index (χ3v) is 3.33. The number of likely N-dealkylation sites (tertiary alicyclic amines) is 1. The molecule has 1 atom stereocenters. The smallest absolute Gasteiger partial charge is 0.300 e. The molecule has 0 bridgehead atoms. The molecular formula is C9H15BrF3N. The van der Waals surface area contributed by atoms with E-state index in [1.54, 1.807) is 0 Å². The Kier molecular flexibility index (Phi) is 4.70. The molecule has 0 aromatic heterocycles. The fourth-order valence-corrected chi connectivity index (χ4v) is 2.58. The zero-order valence-corrected chi connectivity index (χ0v) is 9.57. The van der Waals surface area contributed by atoms with Gasteiger partial charge in [-0.15, -0.1) is 0 Å². The molecule has 5 heteroatoms. The average molecular weight is 274 g/mol. The number of hydrogen-bond acceptors (Lipinski definition) is 1. The Morgan fingerprint density at radius 3 is 2.64 bits per heavy atom. The molecule has 0 aromatic rings. The summed E-state index contributed by atoms with van der Waals surface area (Å²) in [4.78, 5) is 2.15. The summed E-state index contributed by atoms with van der Waals surface area (Å²) in [5, 5.41) is 0.874. The quantitative estimate of drug-likeness (QED) is 0.712. The van der Waals surface area contributed by atoms with E-state index in [1.807, 2.05) is 0 Å². The van der Waals surface area contributed by atoms with E-state index in [-0.39, 0.29) is 6.42 Å². The van der Waals surface area contributed by atoms with E-state index in [9.17, 15) is 13.2 Å². The van der Waals surface area contributed by atoms with Gasteiger partial charge in [0.25, 0.3) is 0 Å². The maximum absolute atomic E-state index is 11.9. The SMILES string of the molecule is FC(F)(F)CCCN1CCCC1CBr. The molecule has 1 aliphatic heterocycles. The van der Waals surface area contributed by atoms with Crippen molar-refractivity contribution in [3.63, 3.8) is 0 Å². The number of rotatable bonds is 4. The van der Waals surface area contributed by atoms with Crippen LogP contribution in [0.3, 0.4) is 0 Å². The van der Waals surface area contributed by atoms with Crippen molar-refractivity contribution in [3.05, 3.63) is 0 Å². The molecular weight excluding hydrogens is 259 g/mol. The molecule has 0 aromatic carbocycles. The van der Waals surface area contributed by atoms with Gasteiger partial charge in [-0.25, -0.2) is 0 Å². The Hall–Kier alpha value is 0.230. The topological polar surface area (TPSA) is 3.24 Å². The predicted octanol–water partition coefficient (Wildman–Crippen LogP) is 3.19. The molecule has 1 fully saturated rings.